The SMILES string of the molecule is CNNC(=O)C(C)(C)c1cc(C)ccc1OC. The number of ether oxygens (including phenoxy) is 1. The molecule has 0 saturated heterocycles. The Balaban J connectivity index is 3.21. The number of carbonyl (C=O) groups excluding carboxylic acids is 1. The number of amides is 1. The summed E-state index contributed by atoms with van der Waals surface area (Å²) in [6.45, 7) is 5.74. The third-order valence-corrected chi connectivity index (χ3v) is 2.83. The maximum atomic E-state index is 12.0. The number of benzene rings is 1. The first-order chi connectivity index (χ1) is 7.93. The molecule has 0 aromatic heterocycles. The molecule has 0 spiro atoms. The van der Waals surface area contributed by atoms with Gasteiger partial charge < -0.3 is 4.74 Å². The van der Waals surface area contributed by atoms with E-state index in [9.17, 15) is 4.79 Å². The topological polar surface area (TPSA) is 50.4 Å². The summed E-state index contributed by atoms with van der Waals surface area (Å²) in [6, 6.07) is 5.83. The van der Waals surface area contributed by atoms with E-state index in [1.807, 2.05) is 39.0 Å². The smallest absolute Gasteiger partial charge is 0.244 e. The van der Waals surface area contributed by atoms with Gasteiger partial charge in [0, 0.05) is 12.6 Å². The van der Waals surface area contributed by atoms with Crippen molar-refractivity contribution in [1.82, 2.24) is 10.9 Å². The summed E-state index contributed by atoms with van der Waals surface area (Å²) in [7, 11) is 3.28. The van der Waals surface area contributed by atoms with E-state index in [0.717, 1.165) is 16.9 Å². The summed E-state index contributed by atoms with van der Waals surface area (Å²) in [4.78, 5) is 12.0. The Morgan fingerprint density at radius 2 is 2.00 bits per heavy atom. The van der Waals surface area contributed by atoms with Crippen LogP contribution in [0.1, 0.15) is 25.0 Å². The number of aryl methyl sites for hydroxylation is 1. The summed E-state index contributed by atoms with van der Waals surface area (Å²) in [5.74, 6) is 0.635. The van der Waals surface area contributed by atoms with Crippen LogP contribution in [-0.4, -0.2) is 20.1 Å². The van der Waals surface area contributed by atoms with Crippen LogP contribution >= 0.6 is 0 Å². The Hall–Kier alpha value is -1.55. The number of methoxy groups -OCH3 is 1. The third-order valence-electron chi connectivity index (χ3n) is 2.83. The average Bonchev–Trinajstić information content (AvgIpc) is 2.29. The standard InChI is InChI=1S/C13H20N2O2/c1-9-6-7-11(17-5)10(8-9)13(2,3)12(16)15-14-4/h6-8,14H,1-5H3,(H,15,16). The van der Waals surface area contributed by atoms with Gasteiger partial charge in [-0.05, 0) is 26.8 Å². The average molecular weight is 236 g/mol. The fourth-order valence-electron chi connectivity index (χ4n) is 1.70. The molecule has 4 nitrogen and oxygen atoms in total. The maximum Gasteiger partial charge on any atom is 0.244 e. The molecular formula is C13H20N2O2. The molecule has 0 fully saturated rings. The number of hydrogen-bond donors (Lipinski definition) is 2. The van der Waals surface area contributed by atoms with Gasteiger partial charge in [-0.15, -0.1) is 0 Å². The Kier molecular flexibility index (Phi) is 4.12. The normalized spacial score (nSPS) is 11.1. The second-order valence-corrected chi connectivity index (χ2v) is 4.53. The Morgan fingerprint density at radius 1 is 1.35 bits per heavy atom. The second-order valence-electron chi connectivity index (χ2n) is 4.53. The van der Waals surface area contributed by atoms with Crippen LogP contribution in [0.25, 0.3) is 0 Å². The molecule has 0 radical (unpaired) electrons. The first-order valence-electron chi connectivity index (χ1n) is 5.55. The van der Waals surface area contributed by atoms with E-state index in [1.54, 1.807) is 14.2 Å². The summed E-state index contributed by atoms with van der Waals surface area (Å²) in [5, 5.41) is 0. The van der Waals surface area contributed by atoms with Gasteiger partial charge in [-0.2, -0.15) is 0 Å². The first-order valence-corrected chi connectivity index (χ1v) is 5.55. The van der Waals surface area contributed by atoms with Crippen molar-refractivity contribution in [2.75, 3.05) is 14.2 Å². The molecule has 1 aromatic rings. The monoisotopic (exact) mass is 236 g/mol. The molecule has 0 atom stereocenters. The zero-order chi connectivity index (χ0) is 13.1. The lowest BCUT2D eigenvalue weighted by Gasteiger charge is -2.26. The second kappa shape index (κ2) is 5.19. The molecule has 0 aliphatic heterocycles. The van der Waals surface area contributed by atoms with Crippen LogP contribution in [0.4, 0.5) is 0 Å². The minimum atomic E-state index is -0.652. The van der Waals surface area contributed by atoms with Crippen molar-refractivity contribution in [2.24, 2.45) is 0 Å². The van der Waals surface area contributed by atoms with Crippen molar-refractivity contribution in [1.29, 1.82) is 0 Å². The van der Waals surface area contributed by atoms with Crippen molar-refractivity contribution >= 4 is 5.91 Å². The van der Waals surface area contributed by atoms with Gasteiger partial charge >= 0.3 is 0 Å². The summed E-state index contributed by atoms with van der Waals surface area (Å²) in [6.07, 6.45) is 0. The zero-order valence-electron chi connectivity index (χ0n) is 11.0. The fraction of sp³-hybridized carbons (Fsp3) is 0.462. The lowest BCUT2D eigenvalue weighted by atomic mass is 9.82. The summed E-state index contributed by atoms with van der Waals surface area (Å²) in [5.41, 5.74) is 6.60. The van der Waals surface area contributed by atoms with Crippen LogP contribution in [0, 0.1) is 6.92 Å². The van der Waals surface area contributed by atoms with Crippen LogP contribution < -0.4 is 15.6 Å². The van der Waals surface area contributed by atoms with Gasteiger partial charge in [0.2, 0.25) is 5.91 Å². The Morgan fingerprint density at radius 3 is 2.53 bits per heavy atom. The van der Waals surface area contributed by atoms with Crippen molar-refractivity contribution in [3.8, 4) is 5.75 Å². The number of rotatable bonds is 4. The maximum absolute atomic E-state index is 12.0. The molecule has 0 heterocycles. The highest BCUT2D eigenvalue weighted by Crippen LogP contribution is 2.32. The lowest BCUT2D eigenvalue weighted by Crippen LogP contribution is -2.45. The molecule has 0 unspecified atom stereocenters. The van der Waals surface area contributed by atoms with Gasteiger partial charge in [0.1, 0.15) is 5.75 Å². The van der Waals surface area contributed by atoms with Gasteiger partial charge in [0.15, 0.2) is 0 Å². The largest absolute Gasteiger partial charge is 0.496 e. The Bertz CT molecular complexity index is 414. The van der Waals surface area contributed by atoms with E-state index in [2.05, 4.69) is 10.9 Å². The summed E-state index contributed by atoms with van der Waals surface area (Å²) < 4.78 is 5.31. The van der Waals surface area contributed by atoms with Crippen molar-refractivity contribution < 1.29 is 9.53 Å². The fourth-order valence-corrected chi connectivity index (χ4v) is 1.70. The molecule has 1 rings (SSSR count). The molecule has 94 valence electrons. The van der Waals surface area contributed by atoms with E-state index in [1.165, 1.54) is 0 Å². The zero-order valence-corrected chi connectivity index (χ0v) is 11.0. The number of carbonyl (C=O) groups is 1. The van der Waals surface area contributed by atoms with Crippen LogP contribution in [0.5, 0.6) is 5.75 Å². The predicted molar refractivity (Wildman–Crippen MR) is 68.0 cm³/mol. The number of hydrogen-bond acceptors (Lipinski definition) is 3. The molecule has 4 heteroatoms. The molecule has 2 N–H and O–H groups in total. The highest BCUT2D eigenvalue weighted by Gasteiger charge is 2.32. The van der Waals surface area contributed by atoms with E-state index >= 15 is 0 Å². The molecular weight excluding hydrogens is 216 g/mol. The molecule has 1 amide bonds. The van der Waals surface area contributed by atoms with Gasteiger partial charge in [-0.3, -0.25) is 10.2 Å². The highest BCUT2D eigenvalue weighted by atomic mass is 16.5. The molecule has 0 aliphatic rings. The van der Waals surface area contributed by atoms with Crippen LogP contribution in [-0.2, 0) is 10.2 Å². The van der Waals surface area contributed by atoms with E-state index in [0.29, 0.717) is 0 Å². The van der Waals surface area contributed by atoms with E-state index in [-0.39, 0.29) is 5.91 Å². The van der Waals surface area contributed by atoms with Gasteiger partial charge in [-0.1, -0.05) is 17.7 Å². The molecule has 17 heavy (non-hydrogen) atoms. The number of hydrazine groups is 1. The molecule has 1 aromatic carbocycles. The van der Waals surface area contributed by atoms with E-state index < -0.39 is 5.41 Å². The molecule has 0 bridgehead atoms. The summed E-state index contributed by atoms with van der Waals surface area (Å²) >= 11 is 0. The van der Waals surface area contributed by atoms with Gasteiger partial charge in [-0.25, -0.2) is 5.43 Å². The first kappa shape index (κ1) is 13.5. The molecule has 0 saturated carbocycles. The van der Waals surface area contributed by atoms with Crippen LogP contribution in [0.2, 0.25) is 0 Å². The minimum Gasteiger partial charge on any atom is -0.496 e. The van der Waals surface area contributed by atoms with Crippen molar-refractivity contribution in [3.05, 3.63) is 29.3 Å². The minimum absolute atomic E-state index is 0.0936. The van der Waals surface area contributed by atoms with Gasteiger partial charge in [0.25, 0.3) is 0 Å². The van der Waals surface area contributed by atoms with E-state index in [4.69, 9.17) is 4.74 Å². The highest BCUT2D eigenvalue weighted by molar-refractivity contribution is 5.87. The lowest BCUT2D eigenvalue weighted by molar-refractivity contribution is -0.126. The van der Waals surface area contributed by atoms with Crippen LogP contribution in [0.3, 0.4) is 0 Å². The quantitative estimate of drug-likeness (QED) is 0.779. The van der Waals surface area contributed by atoms with Crippen LogP contribution in [0.15, 0.2) is 18.2 Å². The predicted octanol–water partition coefficient (Wildman–Crippen LogP) is 1.53. The van der Waals surface area contributed by atoms with Crippen molar-refractivity contribution in [2.45, 2.75) is 26.2 Å². The number of nitrogens with one attached hydrogen (secondary N) is 2. The third kappa shape index (κ3) is 2.77. The Labute approximate surface area is 102 Å². The molecule has 0 aliphatic carbocycles. The van der Waals surface area contributed by atoms with Crippen molar-refractivity contribution in [3.63, 3.8) is 0 Å². The van der Waals surface area contributed by atoms with Gasteiger partial charge in [0.05, 0.1) is 12.5 Å².